The molecule has 0 aliphatic carbocycles. The van der Waals surface area contributed by atoms with Crippen LogP contribution in [-0.4, -0.2) is 43.5 Å². The molecule has 0 atom stereocenters. The molecule has 1 amide bonds. The van der Waals surface area contributed by atoms with Gasteiger partial charge in [-0.25, -0.2) is 0 Å². The molecule has 0 spiro atoms. The highest BCUT2D eigenvalue weighted by atomic mass is 79.9. The maximum atomic E-state index is 11.7. The molecule has 6 heteroatoms. The molecule has 0 saturated carbocycles. The maximum absolute atomic E-state index is 11.7. The van der Waals surface area contributed by atoms with Crippen LogP contribution in [0.4, 0.5) is 5.69 Å². The van der Waals surface area contributed by atoms with Gasteiger partial charge in [0.2, 0.25) is 5.91 Å². The van der Waals surface area contributed by atoms with Crippen molar-refractivity contribution in [1.82, 2.24) is 4.90 Å². The Morgan fingerprint density at radius 3 is 2.50 bits per heavy atom. The lowest BCUT2D eigenvalue weighted by Crippen LogP contribution is -2.35. The van der Waals surface area contributed by atoms with E-state index in [1.54, 1.807) is 19.0 Å². The lowest BCUT2D eigenvalue weighted by Gasteiger charge is -2.23. The monoisotopic (exact) mass is 329 g/mol. The SMILES string of the molecule is CN(C)C(=O)CN(C)c1cc(Br)ccc1C(N)=S. The van der Waals surface area contributed by atoms with Crippen molar-refractivity contribution in [3.05, 3.63) is 28.2 Å². The predicted octanol–water partition coefficient (Wildman–Crippen LogP) is 1.61. The number of anilines is 1. The number of rotatable bonds is 4. The highest BCUT2D eigenvalue weighted by Gasteiger charge is 2.14. The number of hydrogen-bond donors (Lipinski definition) is 1. The Hall–Kier alpha value is -1.14. The molecule has 4 nitrogen and oxygen atoms in total. The van der Waals surface area contributed by atoms with Gasteiger partial charge in [0, 0.05) is 36.9 Å². The molecule has 0 fully saturated rings. The topological polar surface area (TPSA) is 49.6 Å². The number of thiocarbonyl (C=S) groups is 1. The Morgan fingerprint density at radius 2 is 2.00 bits per heavy atom. The van der Waals surface area contributed by atoms with Gasteiger partial charge in [0.05, 0.1) is 6.54 Å². The van der Waals surface area contributed by atoms with Gasteiger partial charge in [-0.3, -0.25) is 4.79 Å². The van der Waals surface area contributed by atoms with Crippen molar-refractivity contribution in [1.29, 1.82) is 0 Å². The van der Waals surface area contributed by atoms with Crippen LogP contribution in [0.3, 0.4) is 0 Å². The molecule has 1 rings (SSSR count). The lowest BCUT2D eigenvalue weighted by molar-refractivity contribution is -0.127. The highest BCUT2D eigenvalue weighted by Crippen LogP contribution is 2.24. The Morgan fingerprint density at radius 1 is 1.39 bits per heavy atom. The van der Waals surface area contributed by atoms with Gasteiger partial charge in [0.15, 0.2) is 0 Å². The molecule has 0 bridgehead atoms. The molecule has 18 heavy (non-hydrogen) atoms. The number of carbonyl (C=O) groups is 1. The van der Waals surface area contributed by atoms with Gasteiger partial charge < -0.3 is 15.5 Å². The number of amides is 1. The molecule has 0 heterocycles. The van der Waals surface area contributed by atoms with Crippen molar-refractivity contribution >= 4 is 44.7 Å². The van der Waals surface area contributed by atoms with Crippen LogP contribution in [-0.2, 0) is 4.79 Å². The number of nitrogens with two attached hydrogens (primary N) is 1. The summed E-state index contributed by atoms with van der Waals surface area (Å²) in [7, 11) is 5.29. The van der Waals surface area contributed by atoms with Crippen molar-refractivity contribution in [2.45, 2.75) is 0 Å². The first-order valence-corrected chi connectivity index (χ1v) is 6.53. The van der Waals surface area contributed by atoms with Crippen LogP contribution in [0, 0.1) is 0 Å². The van der Waals surface area contributed by atoms with Gasteiger partial charge in [-0.15, -0.1) is 0 Å². The molecule has 0 aliphatic rings. The fraction of sp³-hybridized carbons (Fsp3) is 0.333. The maximum Gasteiger partial charge on any atom is 0.241 e. The summed E-state index contributed by atoms with van der Waals surface area (Å²) in [6, 6.07) is 5.62. The third kappa shape index (κ3) is 3.68. The summed E-state index contributed by atoms with van der Waals surface area (Å²) in [6.45, 7) is 0.277. The van der Waals surface area contributed by atoms with Gasteiger partial charge in [0.1, 0.15) is 4.99 Å². The Bertz CT molecular complexity index is 476. The van der Waals surface area contributed by atoms with Gasteiger partial charge in [-0.05, 0) is 18.2 Å². The minimum absolute atomic E-state index is 0.0198. The molecular weight excluding hydrogens is 314 g/mol. The smallest absolute Gasteiger partial charge is 0.241 e. The number of halogens is 1. The van der Waals surface area contributed by atoms with E-state index in [4.69, 9.17) is 18.0 Å². The third-order valence-electron chi connectivity index (χ3n) is 2.51. The summed E-state index contributed by atoms with van der Waals surface area (Å²) in [4.78, 5) is 15.4. The second kappa shape index (κ2) is 6.15. The van der Waals surface area contributed by atoms with Crippen molar-refractivity contribution in [2.24, 2.45) is 5.73 Å². The van der Waals surface area contributed by atoms with E-state index >= 15 is 0 Å². The molecule has 0 aromatic heterocycles. The van der Waals surface area contributed by atoms with Gasteiger partial charge in [-0.1, -0.05) is 28.1 Å². The predicted molar refractivity (Wildman–Crippen MR) is 82.0 cm³/mol. The highest BCUT2D eigenvalue weighted by molar-refractivity contribution is 9.10. The second-order valence-electron chi connectivity index (χ2n) is 4.17. The summed E-state index contributed by atoms with van der Waals surface area (Å²) in [5.74, 6) is 0.0198. The summed E-state index contributed by atoms with van der Waals surface area (Å²) in [6.07, 6.45) is 0. The quantitative estimate of drug-likeness (QED) is 0.852. The van der Waals surface area contributed by atoms with Gasteiger partial charge in [0.25, 0.3) is 0 Å². The zero-order chi connectivity index (χ0) is 13.9. The summed E-state index contributed by atoms with van der Waals surface area (Å²) in [5.41, 5.74) is 7.29. The summed E-state index contributed by atoms with van der Waals surface area (Å²) in [5, 5.41) is 0. The lowest BCUT2D eigenvalue weighted by atomic mass is 10.1. The fourth-order valence-corrected chi connectivity index (χ4v) is 1.98. The van der Waals surface area contributed by atoms with Crippen LogP contribution in [0.5, 0.6) is 0 Å². The van der Waals surface area contributed by atoms with E-state index in [0.29, 0.717) is 4.99 Å². The third-order valence-corrected chi connectivity index (χ3v) is 3.22. The molecule has 1 aromatic rings. The Balaban J connectivity index is 3.04. The molecule has 0 saturated heterocycles. The minimum atomic E-state index is 0.0198. The van der Waals surface area contributed by atoms with E-state index in [0.717, 1.165) is 15.7 Å². The standard InChI is InChI=1S/C12H16BrN3OS/c1-15(2)11(17)7-16(3)10-6-8(13)4-5-9(10)12(14)18/h4-6H,7H2,1-3H3,(H2,14,18). The normalized spacial score (nSPS) is 10.0. The molecule has 0 unspecified atom stereocenters. The fourth-order valence-electron chi connectivity index (χ4n) is 1.46. The zero-order valence-corrected chi connectivity index (χ0v) is 13.0. The van der Waals surface area contributed by atoms with Crippen LogP contribution in [0.2, 0.25) is 0 Å². The van der Waals surface area contributed by atoms with E-state index in [-0.39, 0.29) is 12.5 Å². The number of likely N-dealkylation sites (N-methyl/N-ethyl adjacent to an activating group) is 2. The first-order chi connectivity index (χ1) is 8.32. The van der Waals surface area contributed by atoms with E-state index in [2.05, 4.69) is 15.9 Å². The first-order valence-electron chi connectivity index (χ1n) is 5.33. The summed E-state index contributed by atoms with van der Waals surface area (Å²) >= 11 is 8.42. The van der Waals surface area contributed by atoms with Gasteiger partial charge >= 0.3 is 0 Å². The number of carbonyl (C=O) groups excluding carboxylic acids is 1. The van der Waals surface area contributed by atoms with Crippen LogP contribution < -0.4 is 10.6 Å². The number of benzene rings is 1. The van der Waals surface area contributed by atoms with Crippen molar-refractivity contribution in [3.8, 4) is 0 Å². The van der Waals surface area contributed by atoms with Crippen molar-refractivity contribution < 1.29 is 4.79 Å². The van der Waals surface area contributed by atoms with E-state index in [9.17, 15) is 4.79 Å². The van der Waals surface area contributed by atoms with Crippen LogP contribution in [0.15, 0.2) is 22.7 Å². The van der Waals surface area contributed by atoms with Crippen LogP contribution >= 0.6 is 28.1 Å². The van der Waals surface area contributed by atoms with Crippen molar-refractivity contribution in [3.63, 3.8) is 0 Å². The average Bonchev–Trinajstić information content (AvgIpc) is 2.28. The summed E-state index contributed by atoms with van der Waals surface area (Å²) < 4.78 is 0.918. The van der Waals surface area contributed by atoms with E-state index < -0.39 is 0 Å². The van der Waals surface area contributed by atoms with Gasteiger partial charge in [-0.2, -0.15) is 0 Å². The molecule has 98 valence electrons. The minimum Gasteiger partial charge on any atom is -0.389 e. The molecule has 1 aromatic carbocycles. The molecule has 0 radical (unpaired) electrons. The Kier molecular flexibility index (Phi) is 5.10. The van der Waals surface area contributed by atoms with E-state index in [1.807, 2.05) is 30.1 Å². The molecular formula is C12H16BrN3OS. The number of nitrogens with zero attached hydrogens (tertiary/aromatic N) is 2. The zero-order valence-electron chi connectivity index (χ0n) is 10.6. The average molecular weight is 330 g/mol. The van der Waals surface area contributed by atoms with Crippen LogP contribution in [0.25, 0.3) is 0 Å². The first kappa shape index (κ1) is 14.9. The number of hydrogen-bond acceptors (Lipinski definition) is 3. The largest absolute Gasteiger partial charge is 0.389 e. The van der Waals surface area contributed by atoms with E-state index in [1.165, 1.54) is 0 Å². The Labute approximate surface area is 121 Å². The van der Waals surface area contributed by atoms with Crippen LogP contribution in [0.1, 0.15) is 5.56 Å². The van der Waals surface area contributed by atoms with Crippen molar-refractivity contribution in [2.75, 3.05) is 32.6 Å². The molecule has 0 aliphatic heterocycles. The second-order valence-corrected chi connectivity index (χ2v) is 5.53. The molecule has 2 N–H and O–H groups in total.